The van der Waals surface area contributed by atoms with Crippen molar-refractivity contribution in [3.05, 3.63) is 35.9 Å². The minimum atomic E-state index is -0.447. The molecule has 0 saturated carbocycles. The summed E-state index contributed by atoms with van der Waals surface area (Å²) in [6, 6.07) is 8.79. The molecule has 90 valence electrons. The van der Waals surface area contributed by atoms with Crippen LogP contribution >= 0.6 is 0 Å². The number of nitrogens with zero attached hydrogens (tertiary/aromatic N) is 1. The van der Waals surface area contributed by atoms with Crippen molar-refractivity contribution in [3.63, 3.8) is 0 Å². The SMILES string of the molecule is CCC(=O)O/N=C(/CC)C(=O)c1ccccc1. The average Bonchev–Trinajstić information content (AvgIpc) is 2.39. The van der Waals surface area contributed by atoms with Crippen LogP contribution in [0.5, 0.6) is 0 Å². The van der Waals surface area contributed by atoms with Gasteiger partial charge < -0.3 is 4.84 Å². The fraction of sp³-hybridized carbons (Fsp3) is 0.308. The molecule has 0 heterocycles. The molecular formula is C13H15NO3. The quantitative estimate of drug-likeness (QED) is 0.340. The Morgan fingerprint density at radius 2 is 1.76 bits per heavy atom. The van der Waals surface area contributed by atoms with Gasteiger partial charge in [0.05, 0.1) is 0 Å². The molecule has 0 unspecified atom stereocenters. The smallest absolute Gasteiger partial charge is 0.318 e. The first-order valence-electron chi connectivity index (χ1n) is 5.55. The summed E-state index contributed by atoms with van der Waals surface area (Å²) in [5.41, 5.74) is 0.790. The minimum Gasteiger partial charge on any atom is -0.318 e. The maximum Gasteiger partial charge on any atom is 0.334 e. The number of Topliss-reactive ketones (excluding diaryl/α,β-unsaturated/α-hetero) is 1. The predicted molar refractivity (Wildman–Crippen MR) is 64.9 cm³/mol. The lowest BCUT2D eigenvalue weighted by atomic mass is 10.1. The molecule has 0 aliphatic heterocycles. The van der Waals surface area contributed by atoms with Crippen LogP contribution in [0.4, 0.5) is 0 Å². The second-order valence-corrected chi connectivity index (χ2v) is 3.40. The van der Waals surface area contributed by atoms with Gasteiger partial charge in [-0.25, -0.2) is 4.79 Å². The van der Waals surface area contributed by atoms with Crippen LogP contribution < -0.4 is 0 Å². The standard InChI is InChI=1S/C13H15NO3/c1-3-11(14-17-12(15)4-2)13(16)10-8-6-5-7-9-10/h5-9H,3-4H2,1-2H3/b14-11-. The molecule has 0 aliphatic rings. The zero-order valence-corrected chi connectivity index (χ0v) is 9.97. The van der Waals surface area contributed by atoms with Crippen molar-refractivity contribution in [1.29, 1.82) is 0 Å². The highest BCUT2D eigenvalue weighted by molar-refractivity contribution is 6.45. The van der Waals surface area contributed by atoms with E-state index >= 15 is 0 Å². The van der Waals surface area contributed by atoms with Crippen molar-refractivity contribution in [2.45, 2.75) is 26.7 Å². The third kappa shape index (κ3) is 3.83. The highest BCUT2D eigenvalue weighted by atomic mass is 16.7. The largest absolute Gasteiger partial charge is 0.334 e. The van der Waals surface area contributed by atoms with Crippen molar-refractivity contribution in [2.24, 2.45) is 5.16 Å². The Labute approximate surface area is 100 Å². The van der Waals surface area contributed by atoms with E-state index in [1.54, 1.807) is 38.1 Å². The number of ketones is 1. The van der Waals surface area contributed by atoms with Gasteiger partial charge in [0.25, 0.3) is 0 Å². The van der Waals surface area contributed by atoms with E-state index in [4.69, 9.17) is 0 Å². The molecule has 0 aliphatic carbocycles. The van der Waals surface area contributed by atoms with Gasteiger partial charge in [-0.3, -0.25) is 4.79 Å². The number of hydrogen-bond donors (Lipinski definition) is 0. The van der Waals surface area contributed by atoms with Crippen LogP contribution in [0.2, 0.25) is 0 Å². The number of rotatable bonds is 5. The molecule has 1 aromatic carbocycles. The lowest BCUT2D eigenvalue weighted by molar-refractivity contribution is -0.143. The summed E-state index contributed by atoms with van der Waals surface area (Å²) in [4.78, 5) is 27.5. The van der Waals surface area contributed by atoms with Gasteiger partial charge >= 0.3 is 5.97 Å². The van der Waals surface area contributed by atoms with Gasteiger partial charge in [-0.2, -0.15) is 0 Å². The van der Waals surface area contributed by atoms with E-state index in [9.17, 15) is 9.59 Å². The van der Waals surface area contributed by atoms with Crippen LogP contribution in [-0.2, 0) is 9.63 Å². The summed E-state index contributed by atoms with van der Waals surface area (Å²) in [6.07, 6.45) is 0.657. The average molecular weight is 233 g/mol. The molecule has 0 fully saturated rings. The molecule has 0 atom stereocenters. The maximum absolute atomic E-state index is 12.0. The number of benzene rings is 1. The molecule has 1 rings (SSSR count). The van der Waals surface area contributed by atoms with Gasteiger partial charge in [-0.15, -0.1) is 0 Å². The van der Waals surface area contributed by atoms with Gasteiger partial charge in [0, 0.05) is 12.0 Å². The summed E-state index contributed by atoms with van der Waals surface area (Å²) in [6.45, 7) is 3.46. The van der Waals surface area contributed by atoms with E-state index in [1.165, 1.54) is 0 Å². The highest BCUT2D eigenvalue weighted by Crippen LogP contribution is 2.04. The van der Waals surface area contributed by atoms with Gasteiger partial charge in [0.15, 0.2) is 0 Å². The first kappa shape index (κ1) is 13.1. The van der Waals surface area contributed by atoms with E-state index in [1.807, 2.05) is 6.07 Å². The summed E-state index contributed by atoms with van der Waals surface area (Å²) in [5.74, 6) is -0.659. The minimum absolute atomic E-state index is 0.211. The second-order valence-electron chi connectivity index (χ2n) is 3.40. The Hall–Kier alpha value is -1.97. The number of carbonyl (C=O) groups excluding carboxylic acids is 2. The Balaban J connectivity index is 2.81. The second kappa shape index (κ2) is 6.58. The normalized spacial score (nSPS) is 11.1. The Kier molecular flexibility index (Phi) is 5.07. The summed E-state index contributed by atoms with van der Waals surface area (Å²) < 4.78 is 0. The van der Waals surface area contributed by atoms with Crippen molar-refractivity contribution < 1.29 is 14.4 Å². The van der Waals surface area contributed by atoms with Crippen LogP contribution in [0.25, 0.3) is 0 Å². The summed E-state index contributed by atoms with van der Waals surface area (Å²) >= 11 is 0. The highest BCUT2D eigenvalue weighted by Gasteiger charge is 2.13. The van der Waals surface area contributed by atoms with Crippen LogP contribution in [0, 0.1) is 0 Å². The molecule has 0 bridgehead atoms. The van der Waals surface area contributed by atoms with E-state index in [-0.39, 0.29) is 17.9 Å². The van der Waals surface area contributed by atoms with E-state index < -0.39 is 5.97 Å². The monoisotopic (exact) mass is 233 g/mol. The Morgan fingerprint density at radius 3 is 2.29 bits per heavy atom. The fourth-order valence-electron chi connectivity index (χ4n) is 1.19. The Bertz CT molecular complexity index is 424. The van der Waals surface area contributed by atoms with Gasteiger partial charge in [-0.05, 0) is 6.42 Å². The summed E-state index contributed by atoms with van der Waals surface area (Å²) in [7, 11) is 0. The van der Waals surface area contributed by atoms with Crippen LogP contribution in [0.3, 0.4) is 0 Å². The van der Waals surface area contributed by atoms with Crippen molar-refractivity contribution in [2.75, 3.05) is 0 Å². The van der Waals surface area contributed by atoms with Crippen molar-refractivity contribution in [1.82, 2.24) is 0 Å². The van der Waals surface area contributed by atoms with Gasteiger partial charge in [0.1, 0.15) is 5.71 Å². The molecule has 4 nitrogen and oxygen atoms in total. The molecule has 17 heavy (non-hydrogen) atoms. The van der Waals surface area contributed by atoms with E-state index in [0.29, 0.717) is 12.0 Å². The molecule has 0 spiro atoms. The van der Waals surface area contributed by atoms with Crippen LogP contribution in [0.15, 0.2) is 35.5 Å². The molecule has 0 N–H and O–H groups in total. The van der Waals surface area contributed by atoms with Crippen molar-refractivity contribution >= 4 is 17.5 Å². The molecule has 0 amide bonds. The lowest BCUT2D eigenvalue weighted by Gasteiger charge is -2.02. The lowest BCUT2D eigenvalue weighted by Crippen LogP contribution is -2.14. The Morgan fingerprint density at radius 1 is 1.12 bits per heavy atom. The first-order valence-corrected chi connectivity index (χ1v) is 5.55. The first-order chi connectivity index (χ1) is 8.19. The molecule has 0 radical (unpaired) electrons. The molecule has 0 aromatic heterocycles. The molecule has 4 heteroatoms. The van der Waals surface area contributed by atoms with E-state index in [0.717, 1.165) is 0 Å². The third-order valence-corrected chi connectivity index (χ3v) is 2.18. The fourth-order valence-corrected chi connectivity index (χ4v) is 1.19. The number of oxime groups is 1. The third-order valence-electron chi connectivity index (χ3n) is 2.18. The molecular weight excluding hydrogens is 218 g/mol. The molecule has 0 saturated heterocycles. The van der Waals surface area contributed by atoms with E-state index in [2.05, 4.69) is 9.99 Å². The zero-order chi connectivity index (χ0) is 12.7. The number of hydrogen-bond acceptors (Lipinski definition) is 4. The maximum atomic E-state index is 12.0. The zero-order valence-electron chi connectivity index (χ0n) is 9.97. The summed E-state index contributed by atoms with van der Waals surface area (Å²) in [5, 5.41) is 3.61. The van der Waals surface area contributed by atoms with Crippen LogP contribution in [0.1, 0.15) is 37.0 Å². The topological polar surface area (TPSA) is 55.7 Å². The van der Waals surface area contributed by atoms with Gasteiger partial charge in [-0.1, -0.05) is 49.3 Å². The molecule has 1 aromatic rings. The predicted octanol–water partition coefficient (Wildman–Crippen LogP) is 2.59. The van der Waals surface area contributed by atoms with Crippen LogP contribution in [-0.4, -0.2) is 17.5 Å². The van der Waals surface area contributed by atoms with Crippen molar-refractivity contribution in [3.8, 4) is 0 Å². The number of carbonyl (C=O) groups is 2. The van der Waals surface area contributed by atoms with Gasteiger partial charge in [0.2, 0.25) is 5.78 Å².